The minimum Gasteiger partial charge on any atom is -0.324 e. The van der Waals surface area contributed by atoms with Crippen LogP contribution >= 0.6 is 0 Å². The van der Waals surface area contributed by atoms with E-state index in [9.17, 15) is 13.2 Å². The van der Waals surface area contributed by atoms with E-state index in [1.165, 1.54) is 0 Å². The lowest BCUT2D eigenvalue weighted by Crippen LogP contribution is -2.17. The molecule has 1 atom stereocenters. The standard InChI is InChI=1S/C11H15F3N2/c1-7-3-4-9(8(2)16-7)10(15)5-6-11(12,13)14/h3-4,10H,5-6,15H2,1-2H3. The van der Waals surface area contributed by atoms with Crippen molar-refractivity contribution in [2.45, 2.75) is 38.9 Å². The molecule has 0 spiro atoms. The maximum atomic E-state index is 12.0. The lowest BCUT2D eigenvalue weighted by atomic mass is 10.0. The highest BCUT2D eigenvalue weighted by Crippen LogP contribution is 2.27. The molecule has 0 radical (unpaired) electrons. The third-order valence-corrected chi connectivity index (χ3v) is 2.40. The highest BCUT2D eigenvalue weighted by Gasteiger charge is 2.28. The Morgan fingerprint density at radius 2 is 1.94 bits per heavy atom. The number of pyridine rings is 1. The van der Waals surface area contributed by atoms with Crippen molar-refractivity contribution in [1.82, 2.24) is 4.98 Å². The van der Waals surface area contributed by atoms with Gasteiger partial charge < -0.3 is 5.73 Å². The van der Waals surface area contributed by atoms with Gasteiger partial charge in [-0.2, -0.15) is 13.2 Å². The summed E-state index contributed by atoms with van der Waals surface area (Å²) in [5.41, 5.74) is 7.94. The number of nitrogens with two attached hydrogens (primary N) is 1. The second kappa shape index (κ2) is 4.82. The molecule has 2 N–H and O–H groups in total. The lowest BCUT2D eigenvalue weighted by Gasteiger charge is -2.15. The van der Waals surface area contributed by atoms with E-state index >= 15 is 0 Å². The Balaban J connectivity index is 2.70. The zero-order valence-electron chi connectivity index (χ0n) is 9.30. The summed E-state index contributed by atoms with van der Waals surface area (Å²) in [7, 11) is 0. The van der Waals surface area contributed by atoms with Crippen LogP contribution in [0, 0.1) is 13.8 Å². The molecule has 0 aliphatic rings. The van der Waals surface area contributed by atoms with Gasteiger partial charge in [-0.05, 0) is 31.9 Å². The second-order valence-electron chi connectivity index (χ2n) is 3.89. The smallest absolute Gasteiger partial charge is 0.324 e. The first-order valence-corrected chi connectivity index (χ1v) is 5.06. The normalized spacial score (nSPS) is 13.9. The van der Waals surface area contributed by atoms with Gasteiger partial charge in [0, 0.05) is 23.9 Å². The highest BCUT2D eigenvalue weighted by molar-refractivity contribution is 5.24. The average Bonchev–Trinajstić information content (AvgIpc) is 2.13. The molecule has 0 aliphatic carbocycles. The number of nitrogens with zero attached hydrogens (tertiary/aromatic N) is 1. The molecule has 2 nitrogen and oxygen atoms in total. The highest BCUT2D eigenvalue weighted by atomic mass is 19.4. The first kappa shape index (κ1) is 13.0. The molecule has 16 heavy (non-hydrogen) atoms. The van der Waals surface area contributed by atoms with Crippen molar-refractivity contribution in [3.05, 3.63) is 29.1 Å². The summed E-state index contributed by atoms with van der Waals surface area (Å²) in [5, 5.41) is 0. The van der Waals surface area contributed by atoms with Gasteiger partial charge in [-0.15, -0.1) is 0 Å². The lowest BCUT2D eigenvalue weighted by molar-refractivity contribution is -0.136. The Morgan fingerprint density at radius 3 is 2.44 bits per heavy atom. The van der Waals surface area contributed by atoms with E-state index in [0.717, 1.165) is 5.69 Å². The molecule has 1 heterocycles. The molecule has 0 bridgehead atoms. The molecular formula is C11H15F3N2. The largest absolute Gasteiger partial charge is 0.389 e. The van der Waals surface area contributed by atoms with Crippen molar-refractivity contribution < 1.29 is 13.2 Å². The van der Waals surface area contributed by atoms with Gasteiger partial charge in [0.25, 0.3) is 0 Å². The number of hydrogen-bond acceptors (Lipinski definition) is 2. The monoisotopic (exact) mass is 232 g/mol. The van der Waals surface area contributed by atoms with E-state index in [1.54, 1.807) is 19.1 Å². The van der Waals surface area contributed by atoms with Gasteiger partial charge in [0.15, 0.2) is 0 Å². The van der Waals surface area contributed by atoms with Crippen molar-refractivity contribution >= 4 is 0 Å². The molecule has 1 aromatic rings. The van der Waals surface area contributed by atoms with E-state index < -0.39 is 18.6 Å². The van der Waals surface area contributed by atoms with Gasteiger partial charge in [-0.25, -0.2) is 0 Å². The number of halogens is 3. The fraction of sp³-hybridized carbons (Fsp3) is 0.545. The Labute approximate surface area is 92.7 Å². The van der Waals surface area contributed by atoms with Gasteiger partial charge in [0.2, 0.25) is 0 Å². The third kappa shape index (κ3) is 3.81. The molecule has 0 aliphatic heterocycles. The quantitative estimate of drug-likeness (QED) is 0.869. The molecule has 0 aromatic carbocycles. The molecule has 0 saturated carbocycles. The van der Waals surface area contributed by atoms with E-state index in [1.807, 2.05) is 6.92 Å². The van der Waals surface area contributed by atoms with Crippen LogP contribution < -0.4 is 5.73 Å². The molecule has 1 unspecified atom stereocenters. The van der Waals surface area contributed by atoms with Gasteiger partial charge >= 0.3 is 6.18 Å². The maximum Gasteiger partial charge on any atom is 0.389 e. The summed E-state index contributed by atoms with van der Waals surface area (Å²) < 4.78 is 36.1. The van der Waals surface area contributed by atoms with Crippen molar-refractivity contribution in [2.75, 3.05) is 0 Å². The number of aryl methyl sites for hydroxylation is 2. The summed E-state index contributed by atoms with van der Waals surface area (Å²) in [4.78, 5) is 4.18. The third-order valence-electron chi connectivity index (χ3n) is 2.40. The number of aromatic nitrogens is 1. The molecule has 5 heteroatoms. The Hall–Kier alpha value is -1.10. The minimum absolute atomic E-state index is 0.102. The Morgan fingerprint density at radius 1 is 1.31 bits per heavy atom. The second-order valence-corrected chi connectivity index (χ2v) is 3.89. The molecule has 0 fully saturated rings. The van der Waals surface area contributed by atoms with Gasteiger partial charge in [0.05, 0.1) is 0 Å². The van der Waals surface area contributed by atoms with Crippen LogP contribution in [-0.4, -0.2) is 11.2 Å². The van der Waals surface area contributed by atoms with E-state index in [0.29, 0.717) is 11.3 Å². The molecule has 0 amide bonds. The zero-order chi connectivity index (χ0) is 12.3. The molecule has 90 valence electrons. The van der Waals surface area contributed by atoms with Crippen LogP contribution in [0.3, 0.4) is 0 Å². The molecule has 1 aromatic heterocycles. The fourth-order valence-corrected chi connectivity index (χ4v) is 1.56. The number of alkyl halides is 3. The van der Waals surface area contributed by atoms with E-state index in [-0.39, 0.29) is 6.42 Å². The zero-order valence-corrected chi connectivity index (χ0v) is 9.30. The topological polar surface area (TPSA) is 38.9 Å². The average molecular weight is 232 g/mol. The van der Waals surface area contributed by atoms with E-state index in [4.69, 9.17) is 5.73 Å². The first-order valence-electron chi connectivity index (χ1n) is 5.06. The summed E-state index contributed by atoms with van der Waals surface area (Å²) in [6.07, 6.45) is -5.11. The summed E-state index contributed by atoms with van der Waals surface area (Å²) in [6, 6.07) is 2.91. The molecule has 1 rings (SSSR count). The first-order chi connectivity index (χ1) is 7.29. The van der Waals surface area contributed by atoms with Crippen LogP contribution in [0.5, 0.6) is 0 Å². The number of hydrogen-bond donors (Lipinski definition) is 1. The summed E-state index contributed by atoms with van der Waals surface area (Å²) in [6.45, 7) is 3.59. The predicted octanol–water partition coefficient (Wildman–Crippen LogP) is 3.04. The van der Waals surface area contributed by atoms with Crippen LogP contribution in [0.1, 0.15) is 35.8 Å². The van der Waals surface area contributed by atoms with Gasteiger partial charge in [-0.1, -0.05) is 6.07 Å². The SMILES string of the molecule is Cc1ccc(C(N)CCC(F)(F)F)c(C)n1. The Bertz CT molecular complexity index is 361. The van der Waals surface area contributed by atoms with Crippen LogP contribution in [-0.2, 0) is 0 Å². The van der Waals surface area contributed by atoms with Crippen LogP contribution in [0.25, 0.3) is 0 Å². The van der Waals surface area contributed by atoms with Crippen molar-refractivity contribution in [3.8, 4) is 0 Å². The summed E-state index contributed by atoms with van der Waals surface area (Å²) >= 11 is 0. The molecule has 0 saturated heterocycles. The Kier molecular flexibility index (Phi) is 3.91. The van der Waals surface area contributed by atoms with Crippen molar-refractivity contribution in [3.63, 3.8) is 0 Å². The number of rotatable bonds is 3. The van der Waals surface area contributed by atoms with Crippen molar-refractivity contribution in [2.24, 2.45) is 5.73 Å². The van der Waals surface area contributed by atoms with Crippen LogP contribution in [0.2, 0.25) is 0 Å². The fourth-order valence-electron chi connectivity index (χ4n) is 1.56. The van der Waals surface area contributed by atoms with E-state index in [2.05, 4.69) is 4.98 Å². The maximum absolute atomic E-state index is 12.0. The van der Waals surface area contributed by atoms with Crippen molar-refractivity contribution in [1.29, 1.82) is 0 Å². The van der Waals surface area contributed by atoms with Gasteiger partial charge in [0.1, 0.15) is 0 Å². The minimum atomic E-state index is -4.15. The predicted molar refractivity (Wildman–Crippen MR) is 55.9 cm³/mol. The molecular weight excluding hydrogens is 217 g/mol. The van der Waals surface area contributed by atoms with Crippen LogP contribution in [0.4, 0.5) is 13.2 Å². The van der Waals surface area contributed by atoms with Crippen LogP contribution in [0.15, 0.2) is 12.1 Å². The van der Waals surface area contributed by atoms with Gasteiger partial charge in [-0.3, -0.25) is 4.98 Å². The summed E-state index contributed by atoms with van der Waals surface area (Å²) in [5.74, 6) is 0.